The Morgan fingerprint density at radius 3 is 2.86 bits per heavy atom. The van der Waals surface area contributed by atoms with Crippen molar-refractivity contribution in [2.24, 2.45) is 0 Å². The molecule has 78 valence electrons. The summed E-state index contributed by atoms with van der Waals surface area (Å²) in [5, 5.41) is 18.3. The van der Waals surface area contributed by atoms with Gasteiger partial charge < -0.3 is 14.9 Å². The Morgan fingerprint density at radius 2 is 2.43 bits per heavy atom. The fraction of sp³-hybridized carbons (Fsp3) is 0.429. The van der Waals surface area contributed by atoms with E-state index in [9.17, 15) is 9.90 Å². The zero-order chi connectivity index (χ0) is 10.7. The van der Waals surface area contributed by atoms with Crippen molar-refractivity contribution in [1.82, 2.24) is 4.98 Å². The van der Waals surface area contributed by atoms with Crippen LogP contribution >= 0.6 is 22.9 Å². The maximum absolute atomic E-state index is 10.3. The van der Waals surface area contributed by atoms with Crippen molar-refractivity contribution in [3.05, 3.63) is 10.0 Å². The van der Waals surface area contributed by atoms with Crippen molar-refractivity contribution < 1.29 is 19.7 Å². The van der Waals surface area contributed by atoms with Gasteiger partial charge in [-0.2, -0.15) is 4.98 Å². The van der Waals surface area contributed by atoms with E-state index < -0.39 is 18.5 Å². The molecule has 0 aliphatic carbocycles. The highest BCUT2D eigenvalue weighted by atomic mass is 35.5. The quantitative estimate of drug-likeness (QED) is 0.826. The summed E-state index contributed by atoms with van der Waals surface area (Å²) in [6, 6.07) is 0. The zero-order valence-electron chi connectivity index (χ0n) is 7.23. The number of carboxylic acids is 1. The van der Waals surface area contributed by atoms with Crippen LogP contribution < -0.4 is 4.74 Å². The highest BCUT2D eigenvalue weighted by Gasteiger charge is 2.20. The van der Waals surface area contributed by atoms with Crippen molar-refractivity contribution in [3.8, 4) is 5.19 Å². The summed E-state index contributed by atoms with van der Waals surface area (Å²) in [6.45, 7) is 0. The average Bonchev–Trinajstić information content (AvgIpc) is 2.45. The Hall–Kier alpha value is -0.850. The molecule has 0 radical (unpaired) electrons. The molecule has 1 atom stereocenters. The van der Waals surface area contributed by atoms with Crippen molar-refractivity contribution in [1.29, 1.82) is 0 Å². The molecule has 0 aromatic carbocycles. The number of nitrogens with zero attached hydrogens (tertiary/aromatic N) is 1. The van der Waals surface area contributed by atoms with Crippen molar-refractivity contribution in [2.75, 3.05) is 7.11 Å². The molecule has 0 aliphatic rings. The van der Waals surface area contributed by atoms with E-state index in [0.29, 0.717) is 10.1 Å². The van der Waals surface area contributed by atoms with Crippen LogP contribution in [0.1, 0.15) is 17.4 Å². The molecule has 14 heavy (non-hydrogen) atoms. The van der Waals surface area contributed by atoms with Gasteiger partial charge in [0.05, 0.1) is 18.4 Å². The SMILES string of the molecule is COc1nc(Cl)c(C(O)CC(=O)O)s1. The molecule has 0 spiro atoms. The van der Waals surface area contributed by atoms with Gasteiger partial charge >= 0.3 is 5.97 Å². The molecule has 0 amide bonds. The summed E-state index contributed by atoms with van der Waals surface area (Å²) in [5.41, 5.74) is 0. The second-order valence-electron chi connectivity index (χ2n) is 2.45. The topological polar surface area (TPSA) is 79.7 Å². The molecule has 5 nitrogen and oxygen atoms in total. The maximum Gasteiger partial charge on any atom is 0.306 e. The third kappa shape index (κ3) is 2.57. The number of halogens is 1. The number of aliphatic hydroxyl groups excluding tert-OH is 1. The molecular formula is C7H8ClNO4S. The summed E-state index contributed by atoms with van der Waals surface area (Å²) in [5.74, 6) is -1.10. The van der Waals surface area contributed by atoms with Crippen LogP contribution in [-0.2, 0) is 4.79 Å². The minimum Gasteiger partial charge on any atom is -0.481 e. The number of hydrogen-bond acceptors (Lipinski definition) is 5. The lowest BCUT2D eigenvalue weighted by atomic mass is 10.2. The van der Waals surface area contributed by atoms with E-state index in [2.05, 4.69) is 4.98 Å². The highest BCUT2D eigenvalue weighted by molar-refractivity contribution is 7.14. The predicted molar refractivity (Wildman–Crippen MR) is 50.9 cm³/mol. The van der Waals surface area contributed by atoms with E-state index in [1.165, 1.54) is 7.11 Å². The predicted octanol–water partition coefficient (Wildman–Crippen LogP) is 1.31. The number of carbonyl (C=O) groups is 1. The molecule has 0 aliphatic heterocycles. The summed E-state index contributed by atoms with van der Waals surface area (Å²) in [7, 11) is 1.42. The van der Waals surface area contributed by atoms with Crippen LogP contribution in [0.2, 0.25) is 5.15 Å². The molecule has 0 saturated carbocycles. The third-order valence-electron chi connectivity index (χ3n) is 1.44. The summed E-state index contributed by atoms with van der Waals surface area (Å²) in [4.78, 5) is 14.4. The van der Waals surface area contributed by atoms with E-state index in [4.69, 9.17) is 21.4 Å². The van der Waals surface area contributed by atoms with E-state index in [1.807, 2.05) is 0 Å². The summed E-state index contributed by atoms with van der Waals surface area (Å²) in [6.07, 6.45) is -1.54. The largest absolute Gasteiger partial charge is 0.481 e. The molecule has 0 saturated heterocycles. The molecule has 0 fully saturated rings. The van der Waals surface area contributed by atoms with Gasteiger partial charge in [0.2, 0.25) is 0 Å². The molecule has 1 unspecified atom stereocenters. The smallest absolute Gasteiger partial charge is 0.306 e. The Morgan fingerprint density at radius 1 is 1.79 bits per heavy atom. The number of thiazole rings is 1. The number of aliphatic hydroxyl groups is 1. The van der Waals surface area contributed by atoms with Crippen LogP contribution in [0.25, 0.3) is 0 Å². The molecule has 1 heterocycles. The molecule has 2 N–H and O–H groups in total. The number of hydrogen-bond donors (Lipinski definition) is 2. The number of aromatic nitrogens is 1. The number of ether oxygens (including phenoxy) is 1. The number of methoxy groups -OCH3 is 1. The molecule has 1 aromatic rings. The normalized spacial score (nSPS) is 12.5. The van der Waals surface area contributed by atoms with Gasteiger partial charge in [0.25, 0.3) is 5.19 Å². The average molecular weight is 238 g/mol. The molecular weight excluding hydrogens is 230 g/mol. The van der Waals surface area contributed by atoms with Crippen molar-refractivity contribution in [3.63, 3.8) is 0 Å². The minimum absolute atomic E-state index is 0.0839. The van der Waals surface area contributed by atoms with E-state index in [-0.39, 0.29) is 5.15 Å². The Labute approximate surface area is 88.9 Å². The van der Waals surface area contributed by atoms with Crippen LogP contribution in [0, 0.1) is 0 Å². The second-order valence-corrected chi connectivity index (χ2v) is 3.80. The van der Waals surface area contributed by atoms with Gasteiger partial charge in [-0.3, -0.25) is 4.79 Å². The number of rotatable bonds is 4. The van der Waals surface area contributed by atoms with Gasteiger partial charge in [-0.15, -0.1) is 0 Å². The molecule has 7 heteroatoms. The fourth-order valence-corrected chi connectivity index (χ4v) is 1.97. The van der Waals surface area contributed by atoms with Crippen molar-refractivity contribution >= 4 is 28.9 Å². The molecule has 1 rings (SSSR count). The van der Waals surface area contributed by atoms with Crippen LogP contribution in [0.15, 0.2) is 0 Å². The Balaban J connectivity index is 2.83. The van der Waals surface area contributed by atoms with E-state index in [0.717, 1.165) is 11.3 Å². The van der Waals surface area contributed by atoms with Crippen LogP contribution in [0.5, 0.6) is 5.19 Å². The van der Waals surface area contributed by atoms with Crippen molar-refractivity contribution in [2.45, 2.75) is 12.5 Å². The van der Waals surface area contributed by atoms with Gasteiger partial charge in [0, 0.05) is 0 Å². The summed E-state index contributed by atoms with van der Waals surface area (Å²) < 4.78 is 4.80. The van der Waals surface area contributed by atoms with Crippen LogP contribution in [0.4, 0.5) is 0 Å². The van der Waals surface area contributed by atoms with Gasteiger partial charge in [-0.1, -0.05) is 22.9 Å². The van der Waals surface area contributed by atoms with E-state index in [1.54, 1.807) is 0 Å². The lowest BCUT2D eigenvalue weighted by Gasteiger charge is -2.03. The lowest BCUT2D eigenvalue weighted by molar-refractivity contribution is -0.139. The first-order valence-electron chi connectivity index (χ1n) is 3.64. The van der Waals surface area contributed by atoms with E-state index >= 15 is 0 Å². The zero-order valence-corrected chi connectivity index (χ0v) is 8.80. The second kappa shape index (κ2) is 4.59. The fourth-order valence-electron chi connectivity index (χ4n) is 0.845. The first-order valence-corrected chi connectivity index (χ1v) is 4.84. The third-order valence-corrected chi connectivity index (χ3v) is 2.95. The number of carboxylic acid groups (broad SMARTS) is 1. The summed E-state index contributed by atoms with van der Waals surface area (Å²) >= 11 is 6.70. The lowest BCUT2D eigenvalue weighted by Crippen LogP contribution is -2.04. The molecule has 0 bridgehead atoms. The van der Waals surface area contributed by atoms with Gasteiger partial charge in [-0.25, -0.2) is 0 Å². The Bertz CT molecular complexity index is 340. The number of aliphatic carboxylic acids is 1. The van der Waals surface area contributed by atoms with Gasteiger partial charge in [-0.05, 0) is 0 Å². The Kier molecular flexibility index (Phi) is 3.68. The van der Waals surface area contributed by atoms with Gasteiger partial charge in [0.1, 0.15) is 11.3 Å². The first-order chi connectivity index (χ1) is 6.54. The standard InChI is InChI=1S/C7H8ClNO4S/c1-13-7-9-6(8)5(14-7)3(10)2-4(11)12/h3,10H,2H2,1H3,(H,11,12). The van der Waals surface area contributed by atoms with Gasteiger partial charge in [0.15, 0.2) is 0 Å². The minimum atomic E-state index is -1.14. The maximum atomic E-state index is 10.3. The monoisotopic (exact) mass is 237 g/mol. The first kappa shape index (κ1) is 11.2. The van der Waals surface area contributed by atoms with Crippen LogP contribution in [-0.4, -0.2) is 28.3 Å². The molecule has 1 aromatic heterocycles. The van der Waals surface area contributed by atoms with Crippen LogP contribution in [0.3, 0.4) is 0 Å². The highest BCUT2D eigenvalue weighted by Crippen LogP contribution is 2.34.